The molecule has 3 nitrogen and oxygen atoms in total. The molecular weight excluding hydrogens is 292 g/mol. The van der Waals surface area contributed by atoms with Gasteiger partial charge in [0.2, 0.25) is 0 Å². The topological polar surface area (TPSA) is 44.9 Å². The second-order valence-electron chi connectivity index (χ2n) is 5.47. The molecule has 4 rings (SSSR count). The molecule has 4 heteroatoms. The molecule has 0 radical (unpaired) electrons. The predicted octanol–water partition coefficient (Wildman–Crippen LogP) is 4.13. The van der Waals surface area contributed by atoms with Crippen LogP contribution in [-0.2, 0) is 0 Å². The Morgan fingerprint density at radius 3 is 2.86 bits per heavy atom. The number of hydrogen-bond donors (Lipinski definition) is 2. The maximum absolute atomic E-state index is 12.5. The van der Waals surface area contributed by atoms with Crippen LogP contribution in [0.1, 0.15) is 28.5 Å². The molecule has 22 heavy (non-hydrogen) atoms. The van der Waals surface area contributed by atoms with Crippen LogP contribution in [0.5, 0.6) is 0 Å². The van der Waals surface area contributed by atoms with E-state index in [-0.39, 0.29) is 11.9 Å². The largest absolute Gasteiger partial charge is 0.351 e. The van der Waals surface area contributed by atoms with E-state index in [1.165, 1.54) is 10.5 Å². The average molecular weight is 308 g/mol. The molecule has 0 aliphatic carbocycles. The van der Waals surface area contributed by atoms with Gasteiger partial charge in [-0.15, -0.1) is 11.8 Å². The zero-order chi connectivity index (χ0) is 14.9. The number of H-pyrrole nitrogens is 1. The summed E-state index contributed by atoms with van der Waals surface area (Å²) in [5, 5.41) is 4.23. The number of amides is 1. The molecule has 0 bridgehead atoms. The lowest BCUT2D eigenvalue weighted by Crippen LogP contribution is -2.30. The minimum atomic E-state index is -0.0390. The van der Waals surface area contributed by atoms with Crippen molar-refractivity contribution in [3.8, 4) is 0 Å². The van der Waals surface area contributed by atoms with Gasteiger partial charge in [0.1, 0.15) is 5.69 Å². The van der Waals surface area contributed by atoms with Crippen LogP contribution in [0.15, 0.2) is 59.5 Å². The van der Waals surface area contributed by atoms with E-state index in [0.717, 1.165) is 23.1 Å². The minimum absolute atomic E-state index is 0.0390. The van der Waals surface area contributed by atoms with Gasteiger partial charge in [-0.25, -0.2) is 0 Å². The van der Waals surface area contributed by atoms with Gasteiger partial charge >= 0.3 is 0 Å². The van der Waals surface area contributed by atoms with Crippen LogP contribution < -0.4 is 5.32 Å². The van der Waals surface area contributed by atoms with E-state index in [1.807, 2.05) is 54.2 Å². The Labute approximate surface area is 133 Å². The Morgan fingerprint density at radius 1 is 1.14 bits per heavy atom. The molecule has 1 amide bonds. The molecule has 1 aliphatic heterocycles. The lowest BCUT2D eigenvalue weighted by Gasteiger charge is -2.25. The molecule has 3 aromatic rings. The summed E-state index contributed by atoms with van der Waals surface area (Å²) in [6, 6.07) is 18.3. The van der Waals surface area contributed by atoms with Crippen molar-refractivity contribution in [2.45, 2.75) is 17.4 Å². The summed E-state index contributed by atoms with van der Waals surface area (Å²) < 4.78 is 0. The van der Waals surface area contributed by atoms with Gasteiger partial charge in [-0.3, -0.25) is 4.79 Å². The third kappa shape index (κ3) is 2.40. The number of hydrogen-bond acceptors (Lipinski definition) is 2. The number of fused-ring (bicyclic) bond motifs is 2. The third-order valence-corrected chi connectivity index (χ3v) is 5.16. The number of aromatic amines is 1. The fourth-order valence-electron chi connectivity index (χ4n) is 2.92. The van der Waals surface area contributed by atoms with Crippen molar-refractivity contribution in [3.05, 3.63) is 65.9 Å². The summed E-state index contributed by atoms with van der Waals surface area (Å²) in [4.78, 5) is 17.0. The highest BCUT2D eigenvalue weighted by Gasteiger charge is 2.22. The van der Waals surface area contributed by atoms with Gasteiger partial charge < -0.3 is 10.3 Å². The fraction of sp³-hybridized carbons (Fsp3) is 0.167. The van der Waals surface area contributed by atoms with E-state index in [2.05, 4.69) is 22.4 Å². The van der Waals surface area contributed by atoms with Crippen molar-refractivity contribution >= 4 is 28.6 Å². The molecule has 1 atom stereocenters. The third-order valence-electron chi connectivity index (χ3n) is 4.04. The van der Waals surface area contributed by atoms with Crippen molar-refractivity contribution < 1.29 is 4.79 Å². The van der Waals surface area contributed by atoms with E-state index < -0.39 is 0 Å². The van der Waals surface area contributed by atoms with E-state index >= 15 is 0 Å². The van der Waals surface area contributed by atoms with E-state index in [4.69, 9.17) is 0 Å². The molecule has 0 spiro atoms. The molecule has 2 heterocycles. The van der Waals surface area contributed by atoms with Gasteiger partial charge in [0.05, 0.1) is 6.04 Å². The van der Waals surface area contributed by atoms with Crippen molar-refractivity contribution in [1.29, 1.82) is 0 Å². The maximum Gasteiger partial charge on any atom is 0.268 e. The number of thioether (sulfide) groups is 1. The zero-order valence-corrected chi connectivity index (χ0v) is 12.8. The Hall–Kier alpha value is -2.20. The first-order valence-electron chi connectivity index (χ1n) is 7.41. The van der Waals surface area contributed by atoms with Crippen molar-refractivity contribution in [1.82, 2.24) is 10.3 Å². The number of benzene rings is 2. The van der Waals surface area contributed by atoms with Crippen LogP contribution in [-0.4, -0.2) is 16.6 Å². The number of nitrogens with one attached hydrogen (secondary N) is 2. The van der Waals surface area contributed by atoms with Gasteiger partial charge in [-0.05, 0) is 30.2 Å². The first-order chi connectivity index (χ1) is 10.8. The standard InChI is InChI=1S/C18H16N2OS/c21-18(16-11-12-5-1-3-7-14(12)19-16)20-15-9-10-22-17-8-4-2-6-13(15)17/h1-8,11,15,19H,9-10H2,(H,20,21)/t15-/m1/s1. The highest BCUT2D eigenvalue weighted by atomic mass is 32.2. The normalized spacial score (nSPS) is 17.2. The molecule has 0 saturated carbocycles. The quantitative estimate of drug-likeness (QED) is 0.747. The molecule has 110 valence electrons. The van der Waals surface area contributed by atoms with Gasteiger partial charge in [0.15, 0.2) is 0 Å². The van der Waals surface area contributed by atoms with Crippen LogP contribution in [0.25, 0.3) is 10.9 Å². The SMILES string of the molecule is O=C(N[C@@H]1CCSc2ccccc21)c1cc2ccccc2[nH]1. The molecule has 2 N–H and O–H groups in total. The Bertz CT molecular complexity index is 807. The van der Waals surface area contributed by atoms with Crippen LogP contribution in [0.4, 0.5) is 0 Å². The van der Waals surface area contributed by atoms with E-state index in [0.29, 0.717) is 5.69 Å². The molecule has 1 aliphatic rings. The van der Waals surface area contributed by atoms with Gasteiger partial charge in [0, 0.05) is 21.6 Å². The summed E-state index contributed by atoms with van der Waals surface area (Å²) in [6.45, 7) is 0. The van der Waals surface area contributed by atoms with Gasteiger partial charge in [-0.1, -0.05) is 36.4 Å². The summed E-state index contributed by atoms with van der Waals surface area (Å²) in [6.07, 6.45) is 0.966. The molecule has 0 unspecified atom stereocenters. The Balaban J connectivity index is 1.60. The monoisotopic (exact) mass is 308 g/mol. The summed E-state index contributed by atoms with van der Waals surface area (Å²) >= 11 is 1.86. The molecule has 0 saturated heterocycles. The van der Waals surface area contributed by atoms with Crippen molar-refractivity contribution in [2.75, 3.05) is 5.75 Å². The molecule has 1 aromatic heterocycles. The highest BCUT2D eigenvalue weighted by Crippen LogP contribution is 2.35. The lowest BCUT2D eigenvalue weighted by molar-refractivity contribution is 0.0931. The predicted molar refractivity (Wildman–Crippen MR) is 90.3 cm³/mol. The van der Waals surface area contributed by atoms with Crippen LogP contribution in [0.3, 0.4) is 0 Å². The van der Waals surface area contributed by atoms with Crippen LogP contribution >= 0.6 is 11.8 Å². The van der Waals surface area contributed by atoms with Crippen LogP contribution in [0.2, 0.25) is 0 Å². The van der Waals surface area contributed by atoms with Crippen LogP contribution in [0, 0.1) is 0 Å². The fourth-order valence-corrected chi connectivity index (χ4v) is 4.05. The smallest absolute Gasteiger partial charge is 0.268 e. The number of aromatic nitrogens is 1. The number of carbonyl (C=O) groups excluding carboxylic acids is 1. The van der Waals surface area contributed by atoms with Crippen molar-refractivity contribution in [3.63, 3.8) is 0 Å². The Kier molecular flexibility index (Phi) is 3.39. The first kappa shape index (κ1) is 13.5. The second-order valence-corrected chi connectivity index (χ2v) is 6.61. The second kappa shape index (κ2) is 5.54. The Morgan fingerprint density at radius 2 is 1.95 bits per heavy atom. The van der Waals surface area contributed by atoms with Gasteiger partial charge in [-0.2, -0.15) is 0 Å². The summed E-state index contributed by atoms with van der Waals surface area (Å²) in [7, 11) is 0. The number of rotatable bonds is 2. The maximum atomic E-state index is 12.5. The molecule has 2 aromatic carbocycles. The zero-order valence-electron chi connectivity index (χ0n) is 12.0. The summed E-state index contributed by atoms with van der Waals surface area (Å²) in [5.41, 5.74) is 2.84. The average Bonchev–Trinajstić information content (AvgIpc) is 2.99. The summed E-state index contributed by atoms with van der Waals surface area (Å²) in [5.74, 6) is 0.997. The highest BCUT2D eigenvalue weighted by molar-refractivity contribution is 7.99. The molecular formula is C18H16N2OS. The van der Waals surface area contributed by atoms with Gasteiger partial charge in [0.25, 0.3) is 5.91 Å². The van der Waals surface area contributed by atoms with E-state index in [1.54, 1.807) is 0 Å². The lowest BCUT2D eigenvalue weighted by atomic mass is 10.0. The minimum Gasteiger partial charge on any atom is -0.351 e. The van der Waals surface area contributed by atoms with Crippen molar-refractivity contribution in [2.24, 2.45) is 0 Å². The molecule has 0 fully saturated rings. The number of para-hydroxylation sites is 1. The van der Waals surface area contributed by atoms with E-state index in [9.17, 15) is 4.79 Å². The first-order valence-corrected chi connectivity index (χ1v) is 8.40. The number of carbonyl (C=O) groups is 1.